The second kappa shape index (κ2) is 9.16. The van der Waals surface area contributed by atoms with Crippen LogP contribution in [0, 0.1) is 6.92 Å². The zero-order valence-corrected chi connectivity index (χ0v) is 18.7. The molecule has 0 aliphatic carbocycles. The van der Waals surface area contributed by atoms with Gasteiger partial charge in [-0.05, 0) is 41.0 Å². The summed E-state index contributed by atoms with van der Waals surface area (Å²) in [6.07, 6.45) is 0. The lowest BCUT2D eigenvalue weighted by molar-refractivity contribution is 0.322. The minimum atomic E-state index is 0.0484. The summed E-state index contributed by atoms with van der Waals surface area (Å²) in [5.74, 6) is 2.04. The summed E-state index contributed by atoms with van der Waals surface area (Å²) in [6, 6.07) is 12.7. The molecule has 0 unspecified atom stereocenters. The molecule has 3 nitrogen and oxygen atoms in total. The monoisotopic (exact) mass is 372 g/mol. The summed E-state index contributed by atoms with van der Waals surface area (Å²) in [5, 5.41) is 0. The molecule has 0 aliphatic heterocycles. The van der Waals surface area contributed by atoms with Gasteiger partial charge < -0.3 is 14.2 Å². The van der Waals surface area contributed by atoms with E-state index in [-0.39, 0.29) is 10.8 Å². The van der Waals surface area contributed by atoms with Gasteiger partial charge in [0, 0.05) is 0 Å². The number of aryl methyl sites for hydroxylation is 1. The van der Waals surface area contributed by atoms with E-state index >= 15 is 0 Å². The van der Waals surface area contributed by atoms with Crippen molar-refractivity contribution in [1.82, 2.24) is 0 Å². The van der Waals surface area contributed by atoms with E-state index in [0.717, 1.165) is 5.56 Å². The third-order valence-corrected chi connectivity index (χ3v) is 4.45. The van der Waals surface area contributed by atoms with E-state index in [1.807, 2.05) is 12.1 Å². The van der Waals surface area contributed by atoms with Gasteiger partial charge in [0.25, 0.3) is 0 Å². The smallest absolute Gasteiger partial charge is 0.203 e. The zero-order valence-electron chi connectivity index (χ0n) is 18.7. The topological polar surface area (TPSA) is 27.7 Å². The standard InChI is InChI=1S/C13H20O3.C11H16/c1-13(2,3)9-7-10(14-4)12(16-6)11(8-9)15-5;1-9-5-7-10(8-6-9)11(2,3)4/h7-8H,1-6H3;5-8H,1-4H3. The molecule has 0 fully saturated rings. The molecule has 0 radical (unpaired) electrons. The molecule has 3 heteroatoms. The molecule has 150 valence electrons. The number of methoxy groups -OCH3 is 3. The lowest BCUT2D eigenvalue weighted by Crippen LogP contribution is -2.11. The largest absolute Gasteiger partial charge is 0.493 e. The van der Waals surface area contributed by atoms with Gasteiger partial charge in [-0.1, -0.05) is 71.4 Å². The Balaban J connectivity index is 0.000000289. The van der Waals surface area contributed by atoms with Gasteiger partial charge in [-0.25, -0.2) is 0 Å². The maximum absolute atomic E-state index is 5.31. The Morgan fingerprint density at radius 3 is 1.30 bits per heavy atom. The second-order valence-electron chi connectivity index (χ2n) is 8.78. The lowest BCUT2D eigenvalue weighted by atomic mass is 9.86. The normalized spacial score (nSPS) is 11.3. The Kier molecular flexibility index (Phi) is 7.77. The van der Waals surface area contributed by atoms with Crippen LogP contribution < -0.4 is 14.2 Å². The number of rotatable bonds is 3. The molecule has 27 heavy (non-hydrogen) atoms. The van der Waals surface area contributed by atoms with Gasteiger partial charge in [-0.2, -0.15) is 0 Å². The fraction of sp³-hybridized carbons (Fsp3) is 0.500. The van der Waals surface area contributed by atoms with Crippen molar-refractivity contribution >= 4 is 0 Å². The molecule has 0 saturated carbocycles. The molecule has 2 aromatic carbocycles. The highest BCUT2D eigenvalue weighted by molar-refractivity contribution is 5.55. The highest BCUT2D eigenvalue weighted by atomic mass is 16.5. The molecule has 2 aromatic rings. The van der Waals surface area contributed by atoms with Crippen LogP contribution in [0.25, 0.3) is 0 Å². The van der Waals surface area contributed by atoms with Crippen LogP contribution in [-0.2, 0) is 10.8 Å². The first-order valence-corrected chi connectivity index (χ1v) is 9.31. The van der Waals surface area contributed by atoms with Crippen molar-refractivity contribution in [3.63, 3.8) is 0 Å². The molecule has 0 heterocycles. The summed E-state index contributed by atoms with van der Waals surface area (Å²) >= 11 is 0. The molecule has 0 N–H and O–H groups in total. The predicted octanol–water partition coefficient (Wildman–Crippen LogP) is 6.30. The van der Waals surface area contributed by atoms with Crippen LogP contribution in [-0.4, -0.2) is 21.3 Å². The van der Waals surface area contributed by atoms with Gasteiger partial charge in [0.1, 0.15) is 0 Å². The molecular weight excluding hydrogens is 336 g/mol. The third kappa shape index (κ3) is 6.50. The average molecular weight is 373 g/mol. The van der Waals surface area contributed by atoms with E-state index in [2.05, 4.69) is 72.7 Å². The first-order chi connectivity index (χ1) is 12.4. The average Bonchev–Trinajstić information content (AvgIpc) is 2.59. The van der Waals surface area contributed by atoms with Crippen molar-refractivity contribution in [3.05, 3.63) is 53.1 Å². The van der Waals surface area contributed by atoms with Crippen molar-refractivity contribution < 1.29 is 14.2 Å². The number of hydrogen-bond acceptors (Lipinski definition) is 3. The van der Waals surface area contributed by atoms with Crippen LogP contribution in [0.4, 0.5) is 0 Å². The molecular formula is C24H36O3. The van der Waals surface area contributed by atoms with Crippen molar-refractivity contribution in [2.45, 2.75) is 59.3 Å². The molecule has 0 saturated heterocycles. The van der Waals surface area contributed by atoms with E-state index in [1.54, 1.807) is 21.3 Å². The van der Waals surface area contributed by atoms with Gasteiger partial charge in [0.2, 0.25) is 5.75 Å². The first-order valence-electron chi connectivity index (χ1n) is 9.31. The Hall–Kier alpha value is -2.16. The van der Waals surface area contributed by atoms with Crippen molar-refractivity contribution in [1.29, 1.82) is 0 Å². The van der Waals surface area contributed by atoms with E-state index in [1.165, 1.54) is 11.1 Å². The fourth-order valence-corrected chi connectivity index (χ4v) is 2.57. The highest BCUT2D eigenvalue weighted by Gasteiger charge is 2.20. The van der Waals surface area contributed by atoms with Gasteiger partial charge in [0.15, 0.2) is 11.5 Å². The van der Waals surface area contributed by atoms with Crippen LogP contribution in [0.2, 0.25) is 0 Å². The Labute approximate surface area is 165 Å². The Morgan fingerprint density at radius 2 is 1.00 bits per heavy atom. The number of ether oxygens (including phenoxy) is 3. The van der Waals surface area contributed by atoms with Crippen molar-refractivity contribution in [2.24, 2.45) is 0 Å². The van der Waals surface area contributed by atoms with Crippen molar-refractivity contribution in [2.75, 3.05) is 21.3 Å². The molecule has 0 amide bonds. The van der Waals surface area contributed by atoms with Crippen LogP contribution in [0.15, 0.2) is 36.4 Å². The lowest BCUT2D eigenvalue weighted by Gasteiger charge is -2.22. The van der Waals surface area contributed by atoms with Gasteiger partial charge in [0.05, 0.1) is 21.3 Å². The second-order valence-corrected chi connectivity index (χ2v) is 8.78. The summed E-state index contributed by atoms with van der Waals surface area (Å²) in [7, 11) is 4.87. The highest BCUT2D eigenvalue weighted by Crippen LogP contribution is 2.41. The quantitative estimate of drug-likeness (QED) is 0.632. The van der Waals surface area contributed by atoms with Crippen molar-refractivity contribution in [3.8, 4) is 17.2 Å². The SMILES string of the molecule is COc1cc(C(C)(C)C)cc(OC)c1OC.Cc1ccc(C(C)(C)C)cc1. The predicted molar refractivity (Wildman–Crippen MR) is 115 cm³/mol. The molecule has 0 bridgehead atoms. The van der Waals surface area contributed by atoms with Gasteiger partial charge in [-0.15, -0.1) is 0 Å². The van der Waals surface area contributed by atoms with E-state index in [9.17, 15) is 0 Å². The fourth-order valence-electron chi connectivity index (χ4n) is 2.57. The Bertz CT molecular complexity index is 692. The number of hydrogen-bond donors (Lipinski definition) is 0. The third-order valence-electron chi connectivity index (χ3n) is 4.45. The van der Waals surface area contributed by atoms with Gasteiger partial charge >= 0.3 is 0 Å². The first kappa shape index (κ1) is 22.9. The minimum absolute atomic E-state index is 0.0484. The van der Waals surface area contributed by atoms with E-state index in [4.69, 9.17) is 14.2 Å². The van der Waals surface area contributed by atoms with E-state index < -0.39 is 0 Å². The number of benzene rings is 2. The molecule has 0 spiro atoms. The van der Waals surface area contributed by atoms with Crippen LogP contribution >= 0.6 is 0 Å². The minimum Gasteiger partial charge on any atom is -0.493 e. The zero-order chi connectivity index (χ0) is 20.8. The molecule has 0 aromatic heterocycles. The summed E-state index contributed by atoms with van der Waals surface area (Å²) < 4.78 is 15.9. The molecule has 0 aliphatic rings. The van der Waals surface area contributed by atoms with E-state index in [0.29, 0.717) is 17.2 Å². The van der Waals surface area contributed by atoms with Crippen LogP contribution in [0.1, 0.15) is 58.2 Å². The maximum Gasteiger partial charge on any atom is 0.203 e. The van der Waals surface area contributed by atoms with Crippen LogP contribution in [0.3, 0.4) is 0 Å². The summed E-state index contributed by atoms with van der Waals surface area (Å²) in [6.45, 7) is 15.3. The maximum atomic E-state index is 5.31. The van der Waals surface area contributed by atoms with Gasteiger partial charge in [-0.3, -0.25) is 0 Å². The molecule has 2 rings (SSSR count). The summed E-state index contributed by atoms with van der Waals surface area (Å²) in [4.78, 5) is 0. The molecule has 0 atom stereocenters. The Morgan fingerprint density at radius 1 is 0.593 bits per heavy atom. The van der Waals surface area contributed by atoms with Crippen LogP contribution in [0.5, 0.6) is 17.2 Å². The summed E-state index contributed by atoms with van der Waals surface area (Å²) in [5.41, 5.74) is 4.23.